The van der Waals surface area contributed by atoms with Gasteiger partial charge in [0, 0.05) is 31.7 Å². The lowest BCUT2D eigenvalue weighted by Crippen LogP contribution is -2.33. The Morgan fingerprint density at radius 1 is 1.38 bits per heavy atom. The Kier molecular flexibility index (Phi) is 5.14. The number of anilines is 1. The van der Waals surface area contributed by atoms with Crippen LogP contribution in [0.3, 0.4) is 0 Å². The summed E-state index contributed by atoms with van der Waals surface area (Å²) in [5.74, 6) is 0.776. The highest BCUT2D eigenvalue weighted by molar-refractivity contribution is 5.88. The normalized spacial score (nSPS) is 14.4. The predicted molar refractivity (Wildman–Crippen MR) is 81.2 cm³/mol. The molecule has 1 aromatic heterocycles. The van der Waals surface area contributed by atoms with Crippen LogP contribution in [0.4, 0.5) is 10.6 Å². The van der Waals surface area contributed by atoms with E-state index in [1.54, 1.807) is 0 Å². The molecule has 1 aromatic rings. The summed E-state index contributed by atoms with van der Waals surface area (Å²) in [6.07, 6.45) is 2.37. The Morgan fingerprint density at radius 2 is 2.19 bits per heavy atom. The van der Waals surface area contributed by atoms with E-state index in [9.17, 15) is 9.59 Å². The lowest BCUT2D eigenvalue weighted by Gasteiger charge is -2.15. The van der Waals surface area contributed by atoms with Crippen molar-refractivity contribution in [1.82, 2.24) is 15.2 Å². The number of rotatable bonds is 5. The zero-order valence-electron chi connectivity index (χ0n) is 12.6. The van der Waals surface area contributed by atoms with Gasteiger partial charge in [0.1, 0.15) is 5.82 Å². The van der Waals surface area contributed by atoms with Gasteiger partial charge in [0.05, 0.1) is 0 Å². The molecule has 3 amide bonds. The number of hydrogen-bond acceptors (Lipinski definition) is 3. The van der Waals surface area contributed by atoms with Crippen LogP contribution in [0.5, 0.6) is 0 Å². The summed E-state index contributed by atoms with van der Waals surface area (Å²) in [5, 5.41) is 5.50. The number of hydrogen-bond donors (Lipinski definition) is 2. The minimum Gasteiger partial charge on any atom is -0.343 e. The first-order chi connectivity index (χ1) is 10.0. The SMILES string of the molecule is Cc1cc(C)nc(NC(=O)NCCCN2CCCC2=O)c1. The lowest BCUT2D eigenvalue weighted by atomic mass is 10.2. The van der Waals surface area contributed by atoms with Gasteiger partial charge in [-0.05, 0) is 44.4 Å². The molecule has 1 aliphatic heterocycles. The standard InChI is InChI=1S/C15H22N4O2/c1-11-9-12(2)17-13(10-11)18-15(21)16-6-4-8-19-7-3-5-14(19)20/h9-10H,3-8H2,1-2H3,(H2,16,17,18,21). The van der Waals surface area contributed by atoms with Crippen molar-refractivity contribution >= 4 is 17.8 Å². The number of carbonyl (C=O) groups is 2. The second-order valence-electron chi connectivity index (χ2n) is 5.39. The van der Waals surface area contributed by atoms with Crippen LogP contribution in [-0.4, -0.2) is 41.5 Å². The Balaban J connectivity index is 1.68. The predicted octanol–water partition coefficient (Wildman–Crippen LogP) is 1.83. The summed E-state index contributed by atoms with van der Waals surface area (Å²) in [5.41, 5.74) is 1.93. The number of likely N-dealkylation sites (tertiary alicyclic amines) is 1. The van der Waals surface area contributed by atoms with Crippen molar-refractivity contribution in [2.75, 3.05) is 25.0 Å². The maximum absolute atomic E-state index is 11.8. The van der Waals surface area contributed by atoms with Gasteiger partial charge in [0.2, 0.25) is 5.91 Å². The molecule has 2 N–H and O–H groups in total. The second-order valence-corrected chi connectivity index (χ2v) is 5.39. The van der Waals surface area contributed by atoms with Crippen molar-refractivity contribution < 1.29 is 9.59 Å². The molecule has 1 fully saturated rings. The molecule has 0 bridgehead atoms. The Bertz CT molecular complexity index is 510. The highest BCUT2D eigenvalue weighted by Crippen LogP contribution is 2.10. The van der Waals surface area contributed by atoms with E-state index in [0.29, 0.717) is 25.3 Å². The molecular weight excluding hydrogens is 268 g/mol. The average Bonchev–Trinajstić information content (AvgIpc) is 2.79. The summed E-state index contributed by atoms with van der Waals surface area (Å²) >= 11 is 0. The van der Waals surface area contributed by atoms with Crippen molar-refractivity contribution in [2.45, 2.75) is 33.1 Å². The van der Waals surface area contributed by atoms with E-state index < -0.39 is 0 Å². The second kappa shape index (κ2) is 7.06. The molecule has 114 valence electrons. The molecule has 2 rings (SSSR count). The molecule has 6 nitrogen and oxygen atoms in total. The van der Waals surface area contributed by atoms with Crippen LogP contribution in [0, 0.1) is 13.8 Å². The van der Waals surface area contributed by atoms with Gasteiger partial charge in [-0.25, -0.2) is 9.78 Å². The molecule has 1 saturated heterocycles. The number of amides is 3. The van der Waals surface area contributed by atoms with Gasteiger partial charge >= 0.3 is 6.03 Å². The fourth-order valence-corrected chi connectivity index (χ4v) is 2.48. The van der Waals surface area contributed by atoms with Crippen molar-refractivity contribution in [3.63, 3.8) is 0 Å². The van der Waals surface area contributed by atoms with E-state index in [0.717, 1.165) is 30.6 Å². The summed E-state index contributed by atoms with van der Waals surface area (Å²) in [6.45, 7) is 5.95. The van der Waals surface area contributed by atoms with Crippen LogP contribution in [-0.2, 0) is 4.79 Å². The third kappa shape index (κ3) is 4.73. The topological polar surface area (TPSA) is 74.3 Å². The van der Waals surface area contributed by atoms with Crippen LogP contribution in [0.25, 0.3) is 0 Å². The van der Waals surface area contributed by atoms with Gasteiger partial charge in [-0.2, -0.15) is 0 Å². The molecule has 0 atom stereocenters. The maximum Gasteiger partial charge on any atom is 0.320 e. The van der Waals surface area contributed by atoms with E-state index in [2.05, 4.69) is 15.6 Å². The number of nitrogens with zero attached hydrogens (tertiary/aromatic N) is 2. The average molecular weight is 290 g/mol. The van der Waals surface area contributed by atoms with Crippen LogP contribution in [0.2, 0.25) is 0 Å². The van der Waals surface area contributed by atoms with E-state index in [-0.39, 0.29) is 11.9 Å². The molecule has 0 aliphatic carbocycles. The largest absolute Gasteiger partial charge is 0.343 e. The molecule has 0 saturated carbocycles. The zero-order chi connectivity index (χ0) is 15.2. The number of aromatic nitrogens is 1. The summed E-state index contributed by atoms with van der Waals surface area (Å²) in [7, 11) is 0. The molecule has 0 spiro atoms. The monoisotopic (exact) mass is 290 g/mol. The molecule has 21 heavy (non-hydrogen) atoms. The first-order valence-corrected chi connectivity index (χ1v) is 7.32. The van der Waals surface area contributed by atoms with Crippen LogP contribution >= 0.6 is 0 Å². The number of nitrogens with one attached hydrogen (secondary N) is 2. The third-order valence-electron chi connectivity index (χ3n) is 3.40. The smallest absolute Gasteiger partial charge is 0.320 e. The van der Waals surface area contributed by atoms with Crippen LogP contribution in [0.15, 0.2) is 12.1 Å². The number of urea groups is 1. The molecule has 1 aliphatic rings. The molecule has 0 unspecified atom stereocenters. The lowest BCUT2D eigenvalue weighted by molar-refractivity contribution is -0.127. The zero-order valence-corrected chi connectivity index (χ0v) is 12.6. The van der Waals surface area contributed by atoms with Gasteiger partial charge in [-0.15, -0.1) is 0 Å². The van der Waals surface area contributed by atoms with Gasteiger partial charge in [-0.1, -0.05) is 0 Å². The van der Waals surface area contributed by atoms with Gasteiger partial charge in [0.25, 0.3) is 0 Å². The summed E-state index contributed by atoms with van der Waals surface area (Å²) in [4.78, 5) is 29.3. The third-order valence-corrected chi connectivity index (χ3v) is 3.40. The molecule has 0 aromatic carbocycles. The van der Waals surface area contributed by atoms with E-state index in [1.807, 2.05) is 30.9 Å². The van der Waals surface area contributed by atoms with E-state index >= 15 is 0 Å². The summed E-state index contributed by atoms with van der Waals surface area (Å²) in [6, 6.07) is 3.52. The van der Waals surface area contributed by atoms with Crippen molar-refractivity contribution in [2.24, 2.45) is 0 Å². The number of aryl methyl sites for hydroxylation is 2. The molecule has 6 heteroatoms. The minimum absolute atomic E-state index is 0.221. The van der Waals surface area contributed by atoms with E-state index in [1.165, 1.54) is 0 Å². The highest BCUT2D eigenvalue weighted by atomic mass is 16.2. The summed E-state index contributed by atoms with van der Waals surface area (Å²) < 4.78 is 0. The molecule has 0 radical (unpaired) electrons. The molecular formula is C15H22N4O2. The Labute approximate surface area is 124 Å². The Morgan fingerprint density at radius 3 is 2.86 bits per heavy atom. The number of pyridine rings is 1. The fourth-order valence-electron chi connectivity index (χ4n) is 2.48. The van der Waals surface area contributed by atoms with Gasteiger partial charge in [0.15, 0.2) is 0 Å². The highest BCUT2D eigenvalue weighted by Gasteiger charge is 2.18. The fraction of sp³-hybridized carbons (Fsp3) is 0.533. The van der Waals surface area contributed by atoms with Crippen LogP contribution < -0.4 is 10.6 Å². The minimum atomic E-state index is -0.264. The van der Waals surface area contributed by atoms with Gasteiger partial charge in [-0.3, -0.25) is 10.1 Å². The first kappa shape index (κ1) is 15.3. The van der Waals surface area contributed by atoms with Crippen molar-refractivity contribution in [3.8, 4) is 0 Å². The first-order valence-electron chi connectivity index (χ1n) is 7.32. The molecule has 2 heterocycles. The van der Waals surface area contributed by atoms with Crippen LogP contribution in [0.1, 0.15) is 30.5 Å². The van der Waals surface area contributed by atoms with Crippen molar-refractivity contribution in [1.29, 1.82) is 0 Å². The Hall–Kier alpha value is -2.11. The maximum atomic E-state index is 11.8. The van der Waals surface area contributed by atoms with Gasteiger partial charge < -0.3 is 10.2 Å². The van der Waals surface area contributed by atoms with E-state index in [4.69, 9.17) is 0 Å². The number of carbonyl (C=O) groups excluding carboxylic acids is 2. The van der Waals surface area contributed by atoms with Crippen molar-refractivity contribution in [3.05, 3.63) is 23.4 Å². The quantitative estimate of drug-likeness (QED) is 0.812.